The second-order valence-corrected chi connectivity index (χ2v) is 7.23. The van der Waals surface area contributed by atoms with Crippen molar-refractivity contribution in [2.24, 2.45) is 0 Å². The second-order valence-electron chi connectivity index (χ2n) is 7.23. The van der Waals surface area contributed by atoms with Crippen molar-refractivity contribution in [3.63, 3.8) is 0 Å². The monoisotopic (exact) mass is 347 g/mol. The number of carbonyl (C=O) groups is 1. The van der Waals surface area contributed by atoms with Gasteiger partial charge in [0.15, 0.2) is 0 Å². The molecule has 1 aliphatic carbocycles. The summed E-state index contributed by atoms with van der Waals surface area (Å²) in [5.41, 5.74) is 2.90. The van der Waals surface area contributed by atoms with Crippen molar-refractivity contribution in [3.8, 4) is 5.69 Å². The van der Waals surface area contributed by atoms with E-state index in [1.807, 2.05) is 62.9 Å². The molecule has 1 aliphatic heterocycles. The first-order chi connectivity index (χ1) is 12.8. The van der Waals surface area contributed by atoms with Crippen molar-refractivity contribution < 1.29 is 4.79 Å². The Bertz CT molecular complexity index is 908. The molecule has 1 atom stereocenters. The Kier molecular flexibility index (Phi) is 3.62. The second kappa shape index (κ2) is 6.12. The number of carbonyl (C=O) groups excluding carboxylic acids is 1. The lowest BCUT2D eigenvalue weighted by Gasteiger charge is -2.17. The highest BCUT2D eigenvalue weighted by Crippen LogP contribution is 2.39. The zero-order valence-corrected chi connectivity index (χ0v) is 14.5. The molecule has 3 aromatic rings. The number of aromatic nitrogens is 4. The van der Waals surface area contributed by atoms with Crippen LogP contribution in [0.1, 0.15) is 47.3 Å². The standard InChI is InChI=1S/C20H21N5O/c26-20(16-5-7-17(8-6-16)23-10-1-2-11-23)24-12-9-18(13-24)25-14-19(21-22-25)15-3-4-15/h1-2,5-8,10-11,14-15,18H,3-4,9,12-13H2. The Morgan fingerprint density at radius 3 is 2.54 bits per heavy atom. The third kappa shape index (κ3) is 2.81. The minimum atomic E-state index is 0.0917. The highest BCUT2D eigenvalue weighted by atomic mass is 16.2. The molecular weight excluding hydrogens is 326 g/mol. The van der Waals surface area contributed by atoms with Gasteiger partial charge in [-0.2, -0.15) is 0 Å². The molecule has 6 nitrogen and oxygen atoms in total. The lowest BCUT2D eigenvalue weighted by Crippen LogP contribution is -2.29. The predicted octanol–water partition coefficient (Wildman–Crippen LogP) is 3.03. The Morgan fingerprint density at radius 2 is 1.81 bits per heavy atom. The van der Waals surface area contributed by atoms with Crippen molar-refractivity contribution in [1.82, 2.24) is 24.5 Å². The molecule has 1 saturated heterocycles. The lowest BCUT2D eigenvalue weighted by atomic mass is 10.2. The van der Waals surface area contributed by atoms with Gasteiger partial charge < -0.3 is 9.47 Å². The Hall–Kier alpha value is -2.89. The summed E-state index contributed by atoms with van der Waals surface area (Å²) in [5.74, 6) is 0.704. The molecule has 3 heterocycles. The minimum absolute atomic E-state index is 0.0917. The van der Waals surface area contributed by atoms with E-state index in [1.54, 1.807) is 0 Å². The fourth-order valence-corrected chi connectivity index (χ4v) is 3.64. The van der Waals surface area contributed by atoms with Crippen LogP contribution in [0.4, 0.5) is 0 Å². The summed E-state index contributed by atoms with van der Waals surface area (Å²) in [6.45, 7) is 1.47. The molecule has 0 spiro atoms. The Labute approximate surface area is 152 Å². The molecule has 1 aromatic carbocycles. The molecule has 0 N–H and O–H groups in total. The van der Waals surface area contributed by atoms with E-state index in [2.05, 4.69) is 16.5 Å². The molecule has 0 radical (unpaired) electrons. The fraction of sp³-hybridized carbons (Fsp3) is 0.350. The maximum absolute atomic E-state index is 12.8. The number of amides is 1. The molecule has 2 aliphatic rings. The van der Waals surface area contributed by atoms with Crippen molar-refractivity contribution in [2.45, 2.75) is 31.2 Å². The van der Waals surface area contributed by atoms with E-state index in [0.29, 0.717) is 12.5 Å². The third-order valence-electron chi connectivity index (χ3n) is 5.37. The Balaban J connectivity index is 1.27. The molecule has 5 rings (SSSR count). The van der Waals surface area contributed by atoms with Gasteiger partial charge in [-0.25, -0.2) is 4.68 Å². The lowest BCUT2D eigenvalue weighted by molar-refractivity contribution is 0.0787. The van der Waals surface area contributed by atoms with E-state index in [0.717, 1.165) is 29.9 Å². The van der Waals surface area contributed by atoms with Crippen LogP contribution in [-0.2, 0) is 0 Å². The van der Waals surface area contributed by atoms with Crippen LogP contribution < -0.4 is 0 Å². The van der Waals surface area contributed by atoms with Gasteiger partial charge in [-0.3, -0.25) is 4.79 Å². The highest BCUT2D eigenvalue weighted by molar-refractivity contribution is 5.94. The fourth-order valence-electron chi connectivity index (χ4n) is 3.64. The molecule has 2 fully saturated rings. The molecule has 2 aromatic heterocycles. The first-order valence-electron chi connectivity index (χ1n) is 9.22. The van der Waals surface area contributed by atoms with Crippen molar-refractivity contribution >= 4 is 5.91 Å². The molecule has 26 heavy (non-hydrogen) atoms. The van der Waals surface area contributed by atoms with Gasteiger partial charge in [0.2, 0.25) is 0 Å². The normalized spacial score (nSPS) is 19.8. The topological polar surface area (TPSA) is 56.0 Å². The van der Waals surface area contributed by atoms with Crippen LogP contribution in [0.2, 0.25) is 0 Å². The zero-order chi connectivity index (χ0) is 17.5. The van der Waals surface area contributed by atoms with Crippen LogP contribution >= 0.6 is 0 Å². The van der Waals surface area contributed by atoms with Gasteiger partial charge >= 0.3 is 0 Å². The van der Waals surface area contributed by atoms with Gasteiger partial charge in [-0.05, 0) is 55.7 Å². The van der Waals surface area contributed by atoms with Gasteiger partial charge in [0.25, 0.3) is 5.91 Å². The van der Waals surface area contributed by atoms with Gasteiger partial charge in [0.1, 0.15) is 0 Å². The summed E-state index contributed by atoms with van der Waals surface area (Å²) < 4.78 is 3.98. The quantitative estimate of drug-likeness (QED) is 0.729. The van der Waals surface area contributed by atoms with Crippen LogP contribution in [0.5, 0.6) is 0 Å². The van der Waals surface area contributed by atoms with Crippen LogP contribution in [0.15, 0.2) is 55.0 Å². The van der Waals surface area contributed by atoms with Gasteiger partial charge in [0.05, 0.1) is 11.7 Å². The maximum Gasteiger partial charge on any atom is 0.253 e. The number of rotatable bonds is 4. The van der Waals surface area contributed by atoms with Crippen molar-refractivity contribution in [1.29, 1.82) is 0 Å². The number of benzene rings is 1. The average Bonchev–Trinajstić information content (AvgIpc) is 3.14. The van der Waals surface area contributed by atoms with Crippen LogP contribution in [0.3, 0.4) is 0 Å². The molecule has 0 bridgehead atoms. The summed E-state index contributed by atoms with van der Waals surface area (Å²) >= 11 is 0. The molecule has 6 heteroatoms. The predicted molar refractivity (Wildman–Crippen MR) is 97.3 cm³/mol. The number of hydrogen-bond acceptors (Lipinski definition) is 3. The average molecular weight is 347 g/mol. The number of nitrogens with zero attached hydrogens (tertiary/aromatic N) is 5. The van der Waals surface area contributed by atoms with Crippen molar-refractivity contribution in [2.75, 3.05) is 13.1 Å². The first-order valence-corrected chi connectivity index (χ1v) is 9.22. The number of hydrogen-bond donors (Lipinski definition) is 0. The van der Waals surface area contributed by atoms with Crippen LogP contribution in [0, 0.1) is 0 Å². The van der Waals surface area contributed by atoms with Gasteiger partial charge in [0, 0.05) is 48.8 Å². The minimum Gasteiger partial charge on any atom is -0.336 e. The number of likely N-dealkylation sites (tertiary alicyclic amines) is 1. The SMILES string of the molecule is O=C(c1ccc(-n2cccc2)cc1)N1CCC(n2cc(C3CC3)nn2)C1. The third-order valence-corrected chi connectivity index (χ3v) is 5.37. The van der Waals surface area contributed by atoms with E-state index >= 15 is 0 Å². The van der Waals surface area contributed by atoms with E-state index < -0.39 is 0 Å². The largest absolute Gasteiger partial charge is 0.336 e. The van der Waals surface area contributed by atoms with E-state index in [9.17, 15) is 4.79 Å². The van der Waals surface area contributed by atoms with Crippen LogP contribution in [0.25, 0.3) is 5.69 Å². The maximum atomic E-state index is 12.8. The molecular formula is C20H21N5O. The summed E-state index contributed by atoms with van der Waals surface area (Å²) in [6.07, 6.45) is 9.45. The summed E-state index contributed by atoms with van der Waals surface area (Å²) in [5, 5.41) is 8.58. The van der Waals surface area contributed by atoms with E-state index in [-0.39, 0.29) is 11.9 Å². The molecule has 132 valence electrons. The van der Waals surface area contributed by atoms with E-state index in [4.69, 9.17) is 0 Å². The summed E-state index contributed by atoms with van der Waals surface area (Å²) in [7, 11) is 0. The molecule has 1 unspecified atom stereocenters. The summed E-state index contributed by atoms with van der Waals surface area (Å²) in [4.78, 5) is 14.7. The molecule has 1 saturated carbocycles. The Morgan fingerprint density at radius 1 is 1.04 bits per heavy atom. The van der Waals surface area contributed by atoms with Gasteiger partial charge in [-0.15, -0.1) is 5.10 Å². The smallest absolute Gasteiger partial charge is 0.253 e. The van der Waals surface area contributed by atoms with Crippen molar-refractivity contribution in [3.05, 3.63) is 66.2 Å². The zero-order valence-electron chi connectivity index (χ0n) is 14.5. The molecule has 1 amide bonds. The first kappa shape index (κ1) is 15.4. The summed E-state index contributed by atoms with van der Waals surface area (Å²) in [6, 6.07) is 12.0. The van der Waals surface area contributed by atoms with Crippen LogP contribution in [-0.4, -0.2) is 43.5 Å². The highest BCUT2D eigenvalue weighted by Gasteiger charge is 2.31. The van der Waals surface area contributed by atoms with E-state index in [1.165, 1.54) is 12.8 Å². The van der Waals surface area contributed by atoms with Gasteiger partial charge in [-0.1, -0.05) is 5.21 Å².